The number of esters is 2. The Morgan fingerprint density at radius 3 is 1.73 bits per heavy atom. The Hall–Kier alpha value is -4.50. The van der Waals surface area contributed by atoms with Crippen LogP contribution in [0.5, 0.6) is 5.88 Å². The van der Waals surface area contributed by atoms with Crippen molar-refractivity contribution in [2.45, 2.75) is 51.9 Å². The van der Waals surface area contributed by atoms with Gasteiger partial charge in [0.2, 0.25) is 5.88 Å². The normalized spacial score (nSPS) is 12.1. The Morgan fingerprint density at radius 1 is 0.805 bits per heavy atom. The molecule has 8 nitrogen and oxygen atoms in total. The molecule has 3 aromatic carbocycles. The number of nitrogens with zero attached hydrogens (tertiary/aromatic N) is 2. The van der Waals surface area contributed by atoms with E-state index in [0.717, 1.165) is 16.7 Å². The topological polar surface area (TPSA) is 99.1 Å². The molecule has 212 valence electrons. The molecule has 4 aromatic rings. The number of hydrogen-bond donors (Lipinski definition) is 1. The van der Waals surface area contributed by atoms with Crippen molar-refractivity contribution in [3.8, 4) is 5.88 Å². The monoisotopic (exact) mass is 571 g/mol. The van der Waals surface area contributed by atoms with Crippen LogP contribution < -0.4 is 10.1 Å². The Morgan fingerprint density at radius 2 is 1.29 bits per heavy atom. The minimum absolute atomic E-state index is 0.00592. The summed E-state index contributed by atoms with van der Waals surface area (Å²) in [4.78, 5) is 35.4. The van der Waals surface area contributed by atoms with Gasteiger partial charge in [-0.05, 0) is 51.3 Å². The fourth-order valence-electron chi connectivity index (χ4n) is 4.09. The minimum Gasteiger partial charge on any atom is -0.455 e. The summed E-state index contributed by atoms with van der Waals surface area (Å²) in [6.45, 7) is 8.51. The first kappa shape index (κ1) is 29.5. The zero-order chi connectivity index (χ0) is 29.5. The summed E-state index contributed by atoms with van der Waals surface area (Å²) in [6.07, 6.45) is -0.364. The summed E-state index contributed by atoms with van der Waals surface area (Å²) in [6, 6.07) is 30.2. The largest absolute Gasteiger partial charge is 0.455 e. The second-order valence-corrected chi connectivity index (χ2v) is 11.3. The van der Waals surface area contributed by atoms with Crippen molar-refractivity contribution >= 4 is 34.1 Å². The third-order valence-electron chi connectivity index (χ3n) is 5.74. The number of thiazole rings is 1. The van der Waals surface area contributed by atoms with Crippen LogP contribution in [-0.2, 0) is 24.7 Å². The number of carbonyl (C=O) groups is 2. The average molecular weight is 572 g/mol. The van der Waals surface area contributed by atoms with E-state index >= 15 is 0 Å². The first-order valence-corrected chi connectivity index (χ1v) is 14.1. The number of hydrogen-bond acceptors (Lipinski definition) is 9. The van der Waals surface area contributed by atoms with Gasteiger partial charge in [0, 0.05) is 0 Å². The quantitative estimate of drug-likeness (QED) is 0.0755. The molecule has 0 bridgehead atoms. The third kappa shape index (κ3) is 7.37. The molecule has 0 radical (unpaired) electrons. The highest BCUT2D eigenvalue weighted by atomic mass is 32.1. The van der Waals surface area contributed by atoms with Gasteiger partial charge >= 0.3 is 11.9 Å². The van der Waals surface area contributed by atoms with Crippen LogP contribution in [0.1, 0.15) is 51.3 Å². The summed E-state index contributed by atoms with van der Waals surface area (Å²) in [5.41, 5.74) is 0.729. The molecule has 0 aliphatic heterocycles. The van der Waals surface area contributed by atoms with E-state index in [1.165, 1.54) is 11.3 Å². The highest BCUT2D eigenvalue weighted by Gasteiger charge is 2.37. The van der Waals surface area contributed by atoms with Crippen LogP contribution in [-0.4, -0.2) is 34.3 Å². The molecule has 1 heterocycles. The van der Waals surface area contributed by atoms with Crippen molar-refractivity contribution in [1.29, 1.82) is 0 Å². The molecule has 1 N–H and O–H groups in total. The van der Waals surface area contributed by atoms with Gasteiger partial charge in [0.15, 0.2) is 5.13 Å². The van der Waals surface area contributed by atoms with Crippen LogP contribution in [0.2, 0.25) is 0 Å². The molecule has 0 saturated heterocycles. The maximum absolute atomic E-state index is 13.0. The highest BCUT2D eigenvalue weighted by molar-refractivity contribution is 7.13. The SMILES string of the molecule is CC(C)ON=C(C(=O)Oc1csc(NC(c2ccccc2)(c2ccccc2)c2ccccc2)n1)C(=O)OC(C)(C)C. The molecule has 0 saturated carbocycles. The Bertz CT molecular complexity index is 1380. The van der Waals surface area contributed by atoms with E-state index in [2.05, 4.69) is 51.9 Å². The van der Waals surface area contributed by atoms with E-state index in [1.807, 2.05) is 54.6 Å². The van der Waals surface area contributed by atoms with Crippen LogP contribution in [0, 0.1) is 0 Å². The molecular weight excluding hydrogens is 538 g/mol. The zero-order valence-electron chi connectivity index (χ0n) is 23.7. The van der Waals surface area contributed by atoms with E-state index in [0.29, 0.717) is 5.13 Å². The van der Waals surface area contributed by atoms with E-state index in [9.17, 15) is 9.59 Å². The number of anilines is 1. The van der Waals surface area contributed by atoms with Crippen LogP contribution in [0.25, 0.3) is 0 Å². The van der Waals surface area contributed by atoms with Crippen LogP contribution >= 0.6 is 11.3 Å². The van der Waals surface area contributed by atoms with Crippen molar-refractivity contribution in [3.05, 3.63) is 113 Å². The van der Waals surface area contributed by atoms with Crippen molar-refractivity contribution in [2.24, 2.45) is 5.16 Å². The maximum Gasteiger partial charge on any atom is 0.374 e. The van der Waals surface area contributed by atoms with E-state index in [4.69, 9.17) is 14.3 Å². The Labute approximate surface area is 244 Å². The average Bonchev–Trinajstić information content (AvgIpc) is 3.38. The van der Waals surface area contributed by atoms with Gasteiger partial charge in [-0.15, -0.1) is 11.3 Å². The van der Waals surface area contributed by atoms with E-state index in [-0.39, 0.29) is 12.0 Å². The van der Waals surface area contributed by atoms with Gasteiger partial charge in [0.25, 0.3) is 5.71 Å². The fraction of sp³-hybridized carbons (Fsp3) is 0.250. The Kier molecular flexibility index (Phi) is 9.19. The fourth-order valence-corrected chi connectivity index (χ4v) is 4.76. The molecule has 0 fully saturated rings. The summed E-state index contributed by atoms with van der Waals surface area (Å²) >= 11 is 1.26. The van der Waals surface area contributed by atoms with Gasteiger partial charge in [-0.3, -0.25) is 0 Å². The summed E-state index contributed by atoms with van der Waals surface area (Å²) in [7, 11) is 0. The summed E-state index contributed by atoms with van der Waals surface area (Å²) in [5.74, 6) is -1.98. The number of nitrogens with one attached hydrogen (secondary N) is 1. The predicted octanol–water partition coefficient (Wildman–Crippen LogP) is 6.58. The standard InChI is InChI=1S/C32H33N3O5S/c1-22(2)40-35-27(29(37)39-31(3,4)5)28(36)38-26-21-41-30(33-26)34-32(23-15-9-6-10-16-23,24-17-11-7-12-18-24)25-19-13-8-14-20-25/h6-22H,1-5H3,(H,33,34). The lowest BCUT2D eigenvalue weighted by molar-refractivity contribution is -0.147. The highest BCUT2D eigenvalue weighted by Crippen LogP contribution is 2.41. The first-order valence-electron chi connectivity index (χ1n) is 13.2. The second-order valence-electron chi connectivity index (χ2n) is 10.4. The molecule has 0 aliphatic rings. The van der Waals surface area contributed by atoms with Crippen molar-refractivity contribution in [1.82, 2.24) is 4.98 Å². The third-order valence-corrected chi connectivity index (χ3v) is 6.47. The molecule has 0 spiro atoms. The number of rotatable bonds is 10. The molecule has 4 rings (SSSR count). The molecule has 0 aliphatic carbocycles. The molecule has 1 aromatic heterocycles. The molecule has 9 heteroatoms. The number of ether oxygens (including phenoxy) is 2. The number of carbonyl (C=O) groups excluding carboxylic acids is 2. The number of oxime groups is 1. The van der Waals surface area contributed by atoms with Gasteiger partial charge in [-0.25, -0.2) is 9.59 Å². The molecular formula is C32H33N3O5S. The summed E-state index contributed by atoms with van der Waals surface area (Å²) < 4.78 is 10.8. The van der Waals surface area contributed by atoms with Gasteiger partial charge in [0.05, 0.1) is 5.38 Å². The lowest BCUT2D eigenvalue weighted by Crippen LogP contribution is -2.38. The van der Waals surface area contributed by atoms with Gasteiger partial charge in [-0.2, -0.15) is 4.98 Å². The summed E-state index contributed by atoms with van der Waals surface area (Å²) in [5, 5.41) is 9.43. The molecule has 0 amide bonds. The van der Waals surface area contributed by atoms with Crippen molar-refractivity contribution in [2.75, 3.05) is 5.32 Å². The Balaban J connectivity index is 1.69. The lowest BCUT2D eigenvalue weighted by atomic mass is 9.77. The van der Waals surface area contributed by atoms with Gasteiger partial charge in [0.1, 0.15) is 17.2 Å². The van der Waals surface area contributed by atoms with Crippen LogP contribution in [0.3, 0.4) is 0 Å². The minimum atomic E-state index is -1.03. The number of aromatic nitrogens is 1. The molecule has 0 atom stereocenters. The lowest BCUT2D eigenvalue weighted by Gasteiger charge is -2.36. The second kappa shape index (κ2) is 12.8. The van der Waals surface area contributed by atoms with Crippen LogP contribution in [0.15, 0.2) is 102 Å². The van der Waals surface area contributed by atoms with Gasteiger partial charge < -0.3 is 19.6 Å². The van der Waals surface area contributed by atoms with Crippen molar-refractivity contribution in [3.63, 3.8) is 0 Å². The van der Waals surface area contributed by atoms with Gasteiger partial charge in [-0.1, -0.05) is 96.2 Å². The maximum atomic E-state index is 13.0. The van der Waals surface area contributed by atoms with Crippen LogP contribution in [0.4, 0.5) is 5.13 Å². The zero-order valence-corrected chi connectivity index (χ0v) is 24.5. The predicted molar refractivity (Wildman–Crippen MR) is 160 cm³/mol. The number of benzene rings is 3. The molecule has 41 heavy (non-hydrogen) atoms. The first-order chi connectivity index (χ1) is 19.6. The van der Waals surface area contributed by atoms with E-state index < -0.39 is 28.8 Å². The van der Waals surface area contributed by atoms with E-state index in [1.54, 1.807) is 40.0 Å². The molecule has 0 unspecified atom stereocenters. The van der Waals surface area contributed by atoms with Crippen molar-refractivity contribution < 1.29 is 23.9 Å². The smallest absolute Gasteiger partial charge is 0.374 e.